The second-order valence-corrected chi connectivity index (χ2v) is 18.9. The van der Waals surface area contributed by atoms with Gasteiger partial charge in [-0.25, -0.2) is 5.01 Å². The van der Waals surface area contributed by atoms with Crippen LogP contribution >= 0.6 is 11.6 Å². The summed E-state index contributed by atoms with van der Waals surface area (Å²) in [7, 11) is -3.00. The summed E-state index contributed by atoms with van der Waals surface area (Å²) in [6, 6.07) is 22.4. The van der Waals surface area contributed by atoms with Crippen LogP contribution in [0.4, 0.5) is 11.4 Å². The molecule has 3 aromatic carbocycles. The summed E-state index contributed by atoms with van der Waals surface area (Å²) < 4.78 is 6.85. The average molecular weight is 715 g/mol. The van der Waals surface area contributed by atoms with Crippen molar-refractivity contribution in [3.05, 3.63) is 94.5 Å². The molecule has 0 aromatic heterocycles. The van der Waals surface area contributed by atoms with E-state index in [2.05, 4.69) is 0 Å². The number of aliphatic hydroxyl groups is 1. The van der Waals surface area contributed by atoms with Crippen molar-refractivity contribution in [3.8, 4) is 0 Å². The molecule has 7 rings (SSSR count). The lowest BCUT2D eigenvalue weighted by Gasteiger charge is -2.33. The van der Waals surface area contributed by atoms with E-state index in [9.17, 15) is 24.3 Å². The first-order chi connectivity index (χ1) is 23.9. The Morgan fingerprint density at radius 1 is 1.06 bits per heavy atom. The number of aliphatic hydroxyl groups excluding tert-OH is 1. The van der Waals surface area contributed by atoms with Gasteiger partial charge in [0.15, 0.2) is 13.9 Å². The van der Waals surface area contributed by atoms with Crippen molar-refractivity contribution in [2.45, 2.75) is 82.0 Å². The Bertz CT molecular complexity index is 1850. The summed E-state index contributed by atoms with van der Waals surface area (Å²) in [5, 5.41) is 16.5. The van der Waals surface area contributed by atoms with Crippen molar-refractivity contribution >= 4 is 54.7 Å². The molecule has 0 radical (unpaired) electrons. The van der Waals surface area contributed by atoms with Gasteiger partial charge in [0, 0.05) is 41.4 Å². The molecule has 4 aliphatic rings. The summed E-state index contributed by atoms with van der Waals surface area (Å²) in [6.07, 6.45) is 1.75. The number of hydrazone groups is 1. The summed E-state index contributed by atoms with van der Waals surface area (Å²) in [5.74, 6) is -0.988. The third-order valence-corrected chi connectivity index (χ3v) is 13.6. The molecule has 12 heteroatoms. The Balaban J connectivity index is 1.21. The van der Waals surface area contributed by atoms with Gasteiger partial charge in [-0.2, -0.15) is 5.10 Å². The van der Waals surface area contributed by atoms with E-state index in [1.807, 2.05) is 80.7 Å². The monoisotopic (exact) mass is 714 g/mol. The Hall–Kier alpha value is -3.87. The van der Waals surface area contributed by atoms with E-state index in [4.69, 9.17) is 21.4 Å². The van der Waals surface area contributed by atoms with E-state index in [-0.39, 0.29) is 43.3 Å². The van der Waals surface area contributed by atoms with Crippen molar-refractivity contribution in [2.24, 2.45) is 11.0 Å². The summed E-state index contributed by atoms with van der Waals surface area (Å²) >= 11 is 6.57. The Labute approximate surface area is 298 Å². The van der Waals surface area contributed by atoms with E-state index in [1.165, 1.54) is 5.01 Å². The molecule has 4 heterocycles. The number of hydrogen-bond acceptors (Lipinski definition) is 7. The number of ether oxygens (including phenoxy) is 1. The Morgan fingerprint density at radius 3 is 2.58 bits per heavy atom. The third kappa shape index (κ3) is 5.98. The SMILES string of the molecule is C[C@H]1[C@H]([Si](C)(C)O)[C@@H](CC(=O)N2CCC[C@H]2CO)O[C@]12C(=O)N(Cc1cccc(N3N=C(c4ccccc4)CCC3=O)c1)c1ccc(Cl)cc12. The Morgan fingerprint density at radius 2 is 1.84 bits per heavy atom. The fourth-order valence-corrected chi connectivity index (χ4v) is 11.3. The van der Waals surface area contributed by atoms with E-state index in [1.54, 1.807) is 21.9 Å². The van der Waals surface area contributed by atoms with Crippen LogP contribution in [-0.4, -0.2) is 71.9 Å². The molecule has 0 unspecified atom stereocenters. The molecule has 4 aliphatic heterocycles. The van der Waals surface area contributed by atoms with Crippen LogP contribution in [0.3, 0.4) is 0 Å². The number of carbonyl (C=O) groups excluding carboxylic acids is 3. The van der Waals surface area contributed by atoms with Crippen LogP contribution < -0.4 is 9.91 Å². The number of benzene rings is 3. The van der Waals surface area contributed by atoms with Gasteiger partial charge in [-0.15, -0.1) is 0 Å². The maximum atomic E-state index is 14.9. The zero-order valence-corrected chi connectivity index (χ0v) is 30.3. The van der Waals surface area contributed by atoms with Gasteiger partial charge in [-0.1, -0.05) is 61.0 Å². The van der Waals surface area contributed by atoms with Crippen molar-refractivity contribution in [1.82, 2.24) is 4.90 Å². The third-order valence-electron chi connectivity index (χ3n) is 10.9. The summed E-state index contributed by atoms with van der Waals surface area (Å²) in [6.45, 7) is 6.24. The van der Waals surface area contributed by atoms with Gasteiger partial charge in [0.25, 0.3) is 5.91 Å². The van der Waals surface area contributed by atoms with E-state index < -0.39 is 31.5 Å². The zero-order valence-electron chi connectivity index (χ0n) is 28.6. The van der Waals surface area contributed by atoms with Crippen LogP contribution in [0.25, 0.3) is 0 Å². The number of carbonyl (C=O) groups is 3. The minimum atomic E-state index is -3.00. The maximum Gasteiger partial charge on any atom is 0.264 e. The molecular weight excluding hydrogens is 672 g/mol. The van der Waals surface area contributed by atoms with Gasteiger partial charge in [-0.3, -0.25) is 14.4 Å². The van der Waals surface area contributed by atoms with Crippen molar-refractivity contribution < 1.29 is 29.0 Å². The number of hydrogen-bond donors (Lipinski definition) is 2. The quantitative estimate of drug-likeness (QED) is 0.294. The molecule has 3 amide bonds. The molecule has 2 N–H and O–H groups in total. The second kappa shape index (κ2) is 13.4. The highest BCUT2D eigenvalue weighted by atomic mass is 35.5. The highest BCUT2D eigenvalue weighted by Gasteiger charge is 2.66. The molecular formula is C38H43ClN4O6Si. The van der Waals surface area contributed by atoms with Gasteiger partial charge in [0.2, 0.25) is 11.8 Å². The molecule has 262 valence electrons. The fourth-order valence-electron chi connectivity index (χ4n) is 8.61. The van der Waals surface area contributed by atoms with Crippen LogP contribution in [0.2, 0.25) is 23.7 Å². The average Bonchev–Trinajstić information content (AvgIpc) is 3.76. The molecule has 2 fully saturated rings. The second-order valence-electron chi connectivity index (χ2n) is 14.5. The van der Waals surface area contributed by atoms with Gasteiger partial charge in [0.1, 0.15) is 0 Å². The first kappa shape index (κ1) is 34.6. The first-order valence-electron chi connectivity index (χ1n) is 17.4. The van der Waals surface area contributed by atoms with E-state index in [0.29, 0.717) is 41.3 Å². The molecule has 50 heavy (non-hydrogen) atoms. The number of anilines is 2. The van der Waals surface area contributed by atoms with Gasteiger partial charge < -0.3 is 24.4 Å². The van der Waals surface area contributed by atoms with E-state index in [0.717, 1.165) is 29.7 Å². The fraction of sp³-hybridized carbons (Fsp3) is 0.421. The Kier molecular flexibility index (Phi) is 9.23. The predicted octanol–water partition coefficient (Wildman–Crippen LogP) is 5.59. The van der Waals surface area contributed by atoms with Crippen LogP contribution in [-0.2, 0) is 31.3 Å². The molecule has 0 saturated carbocycles. The van der Waals surface area contributed by atoms with Crippen LogP contribution in [0.1, 0.15) is 55.7 Å². The van der Waals surface area contributed by atoms with Gasteiger partial charge in [-0.05, 0) is 67.4 Å². The topological polar surface area (TPSA) is 123 Å². The number of fused-ring (bicyclic) bond motifs is 2. The number of nitrogens with zero attached hydrogens (tertiary/aromatic N) is 4. The minimum Gasteiger partial charge on any atom is -0.432 e. The molecule has 0 bridgehead atoms. The van der Waals surface area contributed by atoms with Gasteiger partial charge in [0.05, 0.1) is 48.8 Å². The van der Waals surface area contributed by atoms with Crippen LogP contribution in [0.5, 0.6) is 0 Å². The summed E-state index contributed by atoms with van der Waals surface area (Å²) in [5.41, 5.74) is 2.59. The lowest BCUT2D eigenvalue weighted by Crippen LogP contribution is -2.46. The molecule has 0 aliphatic carbocycles. The minimum absolute atomic E-state index is 0.00478. The summed E-state index contributed by atoms with van der Waals surface area (Å²) in [4.78, 5) is 56.6. The number of amides is 3. The van der Waals surface area contributed by atoms with Crippen LogP contribution in [0, 0.1) is 5.92 Å². The lowest BCUT2D eigenvalue weighted by atomic mass is 9.82. The number of halogens is 1. The molecule has 3 aromatic rings. The molecule has 5 atom stereocenters. The molecule has 2 saturated heterocycles. The maximum absolute atomic E-state index is 14.9. The van der Waals surface area contributed by atoms with Crippen molar-refractivity contribution in [2.75, 3.05) is 23.1 Å². The largest absolute Gasteiger partial charge is 0.432 e. The normalized spacial score (nSPS) is 26.6. The first-order valence-corrected chi connectivity index (χ1v) is 20.8. The highest BCUT2D eigenvalue weighted by Crippen LogP contribution is 2.60. The smallest absolute Gasteiger partial charge is 0.264 e. The highest BCUT2D eigenvalue weighted by molar-refractivity contribution is 6.71. The molecule has 10 nitrogen and oxygen atoms in total. The lowest BCUT2D eigenvalue weighted by molar-refractivity contribution is -0.150. The van der Waals surface area contributed by atoms with Gasteiger partial charge >= 0.3 is 0 Å². The number of likely N-dealkylation sites (tertiary alicyclic amines) is 1. The molecule has 1 spiro atoms. The number of rotatable bonds is 8. The predicted molar refractivity (Wildman–Crippen MR) is 194 cm³/mol. The van der Waals surface area contributed by atoms with Crippen molar-refractivity contribution in [3.63, 3.8) is 0 Å². The standard InChI is InChI=1S/C38H43ClN4O6Si/c1-24-36(50(2,3)48)33(21-35(46)41-18-8-13-29(41)23-44)49-38(24)30-20-27(39)14-16-32(30)42(37(38)47)22-25-9-7-12-28(19-25)43-34(45)17-15-31(40-43)26-10-5-4-6-11-26/h4-7,9-12,14,16,19-20,24,29,33,36,44,48H,8,13,15,17-18,21-23H2,1-3H3/t24-,29-,33+,36-,38+/m0/s1. The van der Waals surface area contributed by atoms with Crippen molar-refractivity contribution in [1.29, 1.82) is 0 Å². The van der Waals surface area contributed by atoms with E-state index >= 15 is 0 Å². The zero-order chi connectivity index (χ0) is 35.4. The van der Waals surface area contributed by atoms with Crippen LogP contribution in [0.15, 0.2) is 77.9 Å².